The smallest absolute Gasteiger partial charge is 0.411 e. The maximum Gasteiger partial charge on any atom is 0.411 e. The average molecular weight is 506 g/mol. The van der Waals surface area contributed by atoms with Crippen LogP contribution < -0.4 is 15.8 Å². The Balaban J connectivity index is 1.25. The van der Waals surface area contributed by atoms with Gasteiger partial charge in [-0.05, 0) is 69.2 Å². The lowest BCUT2D eigenvalue weighted by Crippen LogP contribution is -2.33. The minimum absolute atomic E-state index is 0.0574. The number of nitrogens with one attached hydrogen (secondary N) is 1. The summed E-state index contributed by atoms with van der Waals surface area (Å²) in [4.78, 5) is 12.4. The minimum atomic E-state index is -0.406. The number of aromatic nitrogens is 1. The molecule has 8 nitrogen and oxygen atoms in total. The van der Waals surface area contributed by atoms with Crippen LogP contribution in [0.2, 0.25) is 0 Å². The fourth-order valence-electron chi connectivity index (χ4n) is 5.47. The van der Waals surface area contributed by atoms with Crippen LogP contribution in [0, 0.1) is 5.92 Å². The third-order valence-electron chi connectivity index (χ3n) is 8.04. The summed E-state index contributed by atoms with van der Waals surface area (Å²) in [5.74, 6) is 1.27. The Hall–Kier alpha value is -3.23. The lowest BCUT2D eigenvalue weighted by Gasteiger charge is -2.31. The van der Waals surface area contributed by atoms with E-state index in [1.165, 1.54) is 12.8 Å². The van der Waals surface area contributed by atoms with Crippen molar-refractivity contribution in [1.29, 1.82) is 0 Å². The highest BCUT2D eigenvalue weighted by molar-refractivity contribution is 6.01. The molecule has 3 fully saturated rings. The molecule has 2 aliphatic carbocycles. The van der Waals surface area contributed by atoms with Crippen LogP contribution in [-0.4, -0.2) is 42.9 Å². The number of ether oxygens (including phenoxy) is 4. The highest BCUT2D eigenvalue weighted by Crippen LogP contribution is 2.45. The maximum absolute atomic E-state index is 12.4. The van der Waals surface area contributed by atoms with Gasteiger partial charge in [-0.1, -0.05) is 18.6 Å². The van der Waals surface area contributed by atoms with E-state index in [-0.39, 0.29) is 12.2 Å². The first-order chi connectivity index (χ1) is 18.1. The van der Waals surface area contributed by atoms with Crippen molar-refractivity contribution < 1.29 is 23.7 Å². The van der Waals surface area contributed by atoms with Crippen molar-refractivity contribution in [2.24, 2.45) is 5.92 Å². The van der Waals surface area contributed by atoms with Gasteiger partial charge in [0.15, 0.2) is 0 Å². The molecule has 2 saturated carbocycles. The van der Waals surface area contributed by atoms with Crippen LogP contribution in [-0.2, 0) is 14.2 Å². The van der Waals surface area contributed by atoms with E-state index in [0.29, 0.717) is 37.7 Å². The monoisotopic (exact) mass is 505 g/mol. The van der Waals surface area contributed by atoms with E-state index in [2.05, 4.69) is 16.0 Å². The number of hydrogen-bond donors (Lipinski definition) is 2. The van der Waals surface area contributed by atoms with Gasteiger partial charge in [0, 0.05) is 28.7 Å². The first kappa shape index (κ1) is 24.1. The highest BCUT2D eigenvalue weighted by atomic mass is 16.7. The average Bonchev–Trinajstić information content (AvgIpc) is 3.09. The first-order valence-electron chi connectivity index (χ1n) is 13.4. The van der Waals surface area contributed by atoms with Crippen LogP contribution in [0.25, 0.3) is 22.2 Å². The molecule has 3 aromatic rings. The summed E-state index contributed by atoms with van der Waals surface area (Å²) in [5, 5.41) is 3.88. The number of hydrogen-bond acceptors (Lipinski definition) is 6. The summed E-state index contributed by atoms with van der Waals surface area (Å²) in [7, 11) is 0. The molecule has 1 aromatic heterocycles. The zero-order valence-electron chi connectivity index (χ0n) is 21.3. The fraction of sp³-hybridized carbons (Fsp3) is 0.483. The summed E-state index contributed by atoms with van der Waals surface area (Å²) in [6, 6.07) is 14.3. The number of carbonyl (C=O) groups is 1. The van der Waals surface area contributed by atoms with Gasteiger partial charge in [0.2, 0.25) is 0 Å². The molecule has 0 bridgehead atoms. The highest BCUT2D eigenvalue weighted by Gasteiger charge is 2.28. The molecule has 3 aliphatic rings. The molecular weight excluding hydrogens is 470 g/mol. The molecule has 2 aromatic carbocycles. The molecular formula is C29H35N3O5. The van der Waals surface area contributed by atoms with Crippen molar-refractivity contribution in [3.05, 3.63) is 42.5 Å². The summed E-state index contributed by atoms with van der Waals surface area (Å²) >= 11 is 0. The molecule has 1 aliphatic heterocycles. The molecule has 1 atom stereocenters. The molecule has 6 rings (SSSR count). The van der Waals surface area contributed by atoms with Gasteiger partial charge in [-0.3, -0.25) is 5.32 Å². The fourth-order valence-corrected chi connectivity index (χ4v) is 5.47. The van der Waals surface area contributed by atoms with Crippen molar-refractivity contribution in [3.63, 3.8) is 0 Å². The van der Waals surface area contributed by atoms with Crippen LogP contribution >= 0.6 is 0 Å². The van der Waals surface area contributed by atoms with Crippen molar-refractivity contribution in [3.8, 4) is 17.0 Å². The number of nitrogens with two attached hydrogens (primary N) is 1. The van der Waals surface area contributed by atoms with E-state index in [0.717, 1.165) is 59.3 Å². The molecule has 1 unspecified atom stereocenters. The zero-order chi connectivity index (χ0) is 25.4. The summed E-state index contributed by atoms with van der Waals surface area (Å²) in [6.07, 6.45) is 6.36. The second kappa shape index (κ2) is 10.3. The van der Waals surface area contributed by atoms with Gasteiger partial charge in [0.1, 0.15) is 24.8 Å². The molecule has 37 heavy (non-hydrogen) atoms. The normalized spacial score (nSPS) is 19.7. The van der Waals surface area contributed by atoms with Gasteiger partial charge in [0.25, 0.3) is 0 Å². The molecule has 2 heterocycles. The summed E-state index contributed by atoms with van der Waals surface area (Å²) in [5.41, 5.74) is 11.3. The van der Waals surface area contributed by atoms with E-state index in [9.17, 15) is 4.79 Å². The molecule has 3 N–H and O–H groups in total. The lowest BCUT2D eigenvalue weighted by molar-refractivity contribution is -0.143. The number of fused-ring (bicyclic) bond motifs is 1. The van der Waals surface area contributed by atoms with E-state index in [1.807, 2.05) is 43.3 Å². The van der Waals surface area contributed by atoms with Crippen molar-refractivity contribution in [2.75, 3.05) is 31.1 Å². The largest absolute Gasteiger partial charge is 0.486 e. The van der Waals surface area contributed by atoms with E-state index >= 15 is 0 Å². The lowest BCUT2D eigenvalue weighted by atomic mass is 9.82. The van der Waals surface area contributed by atoms with Crippen molar-refractivity contribution in [1.82, 2.24) is 4.57 Å². The van der Waals surface area contributed by atoms with Crippen LogP contribution in [0.4, 0.5) is 16.2 Å². The third kappa shape index (κ3) is 4.88. The van der Waals surface area contributed by atoms with Gasteiger partial charge in [-0.25, -0.2) is 4.79 Å². The Morgan fingerprint density at radius 2 is 1.78 bits per heavy atom. The molecule has 0 spiro atoms. The predicted octanol–water partition coefficient (Wildman–Crippen LogP) is 6.10. The van der Waals surface area contributed by atoms with Crippen LogP contribution in [0.5, 0.6) is 5.75 Å². The van der Waals surface area contributed by atoms with Gasteiger partial charge < -0.3 is 29.2 Å². The number of nitrogen functional groups attached to an aromatic ring is 1. The Labute approximate surface area is 217 Å². The van der Waals surface area contributed by atoms with E-state index in [1.54, 1.807) is 0 Å². The Morgan fingerprint density at radius 1 is 1.05 bits per heavy atom. The van der Waals surface area contributed by atoms with Crippen molar-refractivity contribution >= 4 is 28.4 Å². The quantitative estimate of drug-likeness (QED) is 0.402. The van der Waals surface area contributed by atoms with E-state index < -0.39 is 6.09 Å². The Morgan fingerprint density at radius 3 is 2.43 bits per heavy atom. The van der Waals surface area contributed by atoms with Gasteiger partial charge in [0.05, 0.1) is 30.1 Å². The summed E-state index contributed by atoms with van der Waals surface area (Å²) in [6.45, 7) is 3.32. The Bertz CT molecular complexity index is 1260. The van der Waals surface area contributed by atoms with E-state index in [4.69, 9.17) is 24.7 Å². The zero-order valence-corrected chi connectivity index (χ0v) is 21.3. The van der Waals surface area contributed by atoms with Crippen LogP contribution in [0.1, 0.15) is 51.5 Å². The summed E-state index contributed by atoms with van der Waals surface area (Å²) < 4.78 is 24.8. The third-order valence-corrected chi connectivity index (χ3v) is 8.04. The number of amides is 1. The van der Waals surface area contributed by atoms with Gasteiger partial charge in [-0.15, -0.1) is 0 Å². The topological polar surface area (TPSA) is 97.0 Å². The molecule has 1 amide bonds. The van der Waals surface area contributed by atoms with Crippen molar-refractivity contribution in [2.45, 2.75) is 63.7 Å². The number of rotatable bonds is 7. The molecule has 196 valence electrons. The number of carbonyl (C=O) groups excluding carboxylic acids is 1. The Kier molecular flexibility index (Phi) is 6.69. The molecule has 0 radical (unpaired) electrons. The van der Waals surface area contributed by atoms with Crippen LogP contribution in [0.15, 0.2) is 42.5 Å². The molecule has 1 saturated heterocycles. The SMILES string of the molecule is CC(OC(=O)Nc1ccc(-c2c(N)c3ccc(OC4COCOC4)cc3n2C2CCC2)cc1)C1CCC1. The predicted molar refractivity (Wildman–Crippen MR) is 143 cm³/mol. The second-order valence-corrected chi connectivity index (χ2v) is 10.5. The standard InChI is InChI=1S/C29H35N3O5/c1-18(19-4-2-5-19)36-29(33)31-21-10-8-20(9-11-21)28-27(30)25-13-12-23(37-24-15-34-17-35-16-24)14-26(25)32(28)22-6-3-7-22/h8-14,18-19,22,24H,2-7,15-17,30H2,1H3,(H,31,33). The first-order valence-corrected chi connectivity index (χ1v) is 13.4. The maximum atomic E-state index is 12.4. The van der Waals surface area contributed by atoms with Crippen LogP contribution in [0.3, 0.4) is 0 Å². The number of benzene rings is 2. The minimum Gasteiger partial charge on any atom is -0.486 e. The van der Waals surface area contributed by atoms with Gasteiger partial charge in [-0.2, -0.15) is 0 Å². The number of nitrogens with zero attached hydrogens (tertiary/aromatic N) is 1. The number of anilines is 2. The molecule has 8 heteroatoms. The van der Waals surface area contributed by atoms with Gasteiger partial charge >= 0.3 is 6.09 Å². The second-order valence-electron chi connectivity index (χ2n) is 10.5.